The lowest BCUT2D eigenvalue weighted by atomic mass is 9.57. The summed E-state index contributed by atoms with van der Waals surface area (Å²) in [6.45, 7) is 14.4. The number of alkyl halides is 6. The first kappa shape index (κ1) is 36.6. The molecule has 1 saturated heterocycles. The van der Waals surface area contributed by atoms with E-state index in [1.165, 1.54) is 12.4 Å². The van der Waals surface area contributed by atoms with Crippen molar-refractivity contribution in [3.8, 4) is 0 Å². The molecule has 2 amide bonds. The molecule has 6 atom stereocenters. The van der Waals surface area contributed by atoms with Gasteiger partial charge < -0.3 is 19.9 Å². The predicted molar refractivity (Wildman–Crippen MR) is 162 cm³/mol. The first-order valence-electron chi connectivity index (χ1n) is 15.6. The van der Waals surface area contributed by atoms with Crippen LogP contribution < -0.4 is 10.6 Å². The van der Waals surface area contributed by atoms with E-state index in [-0.39, 0.29) is 35.1 Å². The Morgan fingerprint density at radius 3 is 2.15 bits per heavy atom. The molecule has 0 bridgehead atoms. The molecule has 47 heavy (non-hydrogen) atoms. The summed E-state index contributed by atoms with van der Waals surface area (Å²) in [6, 6.07) is -0.516. The summed E-state index contributed by atoms with van der Waals surface area (Å²) in [4.78, 5) is 34.7. The number of nitrogens with zero attached hydrogens (tertiary/aromatic N) is 2. The van der Waals surface area contributed by atoms with Gasteiger partial charge in [0.15, 0.2) is 0 Å². The second kappa shape index (κ2) is 13.4. The normalized spacial score (nSPS) is 25.7. The molecule has 15 heteroatoms. The van der Waals surface area contributed by atoms with Crippen LogP contribution in [0.4, 0.5) is 26.3 Å². The summed E-state index contributed by atoms with van der Waals surface area (Å²) in [5.74, 6) is -2.07. The van der Waals surface area contributed by atoms with Gasteiger partial charge in [-0.3, -0.25) is 14.6 Å². The zero-order chi connectivity index (χ0) is 35.1. The Balaban J connectivity index is 1.66. The molecule has 1 unspecified atom stereocenters. The third-order valence-electron chi connectivity index (χ3n) is 10.0. The van der Waals surface area contributed by atoms with Crippen LogP contribution in [0.3, 0.4) is 0 Å². The third kappa shape index (κ3) is 8.10. The maximum absolute atomic E-state index is 13.9. The Morgan fingerprint density at radius 2 is 1.62 bits per heavy atom. The van der Waals surface area contributed by atoms with Gasteiger partial charge in [0, 0.05) is 18.8 Å². The van der Waals surface area contributed by atoms with Crippen molar-refractivity contribution in [2.45, 2.75) is 104 Å². The summed E-state index contributed by atoms with van der Waals surface area (Å²) < 4.78 is 94.8. The summed E-state index contributed by atoms with van der Waals surface area (Å²) >= 11 is 0. The average molecular weight is 671 g/mol. The molecular weight excluding hydrogens is 629 g/mol. The summed E-state index contributed by atoms with van der Waals surface area (Å²) in [5.41, 5.74) is -4.47. The first-order valence-corrected chi connectivity index (χ1v) is 15.6. The number of benzene rings is 1. The van der Waals surface area contributed by atoms with E-state index in [4.69, 9.17) is 9.31 Å². The van der Waals surface area contributed by atoms with Gasteiger partial charge in [-0.05, 0) is 66.7 Å². The van der Waals surface area contributed by atoms with Gasteiger partial charge in [0.2, 0.25) is 5.91 Å². The van der Waals surface area contributed by atoms with Gasteiger partial charge in [0.1, 0.15) is 11.7 Å². The van der Waals surface area contributed by atoms with E-state index < -0.39 is 72.0 Å². The van der Waals surface area contributed by atoms with Gasteiger partial charge in [-0.25, -0.2) is 4.98 Å². The summed E-state index contributed by atoms with van der Waals surface area (Å²) in [6.07, 6.45) is -6.39. The van der Waals surface area contributed by atoms with Crippen molar-refractivity contribution in [1.82, 2.24) is 20.6 Å². The Hall–Kier alpha value is -3.20. The smallest absolute Gasteiger partial charge is 0.404 e. The minimum absolute atomic E-state index is 0.00726. The van der Waals surface area contributed by atoms with Gasteiger partial charge in [-0.15, -0.1) is 0 Å². The van der Waals surface area contributed by atoms with Crippen molar-refractivity contribution in [1.29, 1.82) is 0 Å². The number of carbonyl (C=O) groups is 2. The number of aromatic nitrogens is 2. The number of halogens is 6. The van der Waals surface area contributed by atoms with Crippen molar-refractivity contribution >= 4 is 18.9 Å². The number of amides is 2. The molecule has 1 aromatic heterocycles. The van der Waals surface area contributed by atoms with Crippen LogP contribution in [-0.2, 0) is 32.9 Å². The molecule has 2 aromatic rings. The lowest BCUT2D eigenvalue weighted by molar-refractivity contribution is -0.143. The van der Waals surface area contributed by atoms with E-state index in [1.54, 1.807) is 0 Å². The van der Waals surface area contributed by atoms with Crippen LogP contribution in [0.1, 0.15) is 88.5 Å². The summed E-state index contributed by atoms with van der Waals surface area (Å²) in [7, 11) is -0.887. The standard InChI is InChI=1S/C32H41BF6N4O4/c1-17(2)10-26(33-46-25-11-18(3)29(5,6)19(4)30(25,7)47-33)43-27(44)23(42-28(45)24-16-40-8-9-41-24)14-20-12-21(31(34,35)36)15-22(13-20)32(37,38)39/h8-9,12-13,15-19,23,25-26H,10-11,14H2,1-7H3,(H,42,45)(H,43,44)/t18-,19-,23-,25?,26-,30-/m0/s1. The fourth-order valence-corrected chi connectivity index (χ4v) is 6.55. The predicted octanol–water partition coefficient (Wildman–Crippen LogP) is 6.29. The van der Waals surface area contributed by atoms with Gasteiger partial charge in [0.25, 0.3) is 5.91 Å². The zero-order valence-corrected chi connectivity index (χ0v) is 27.4. The molecule has 2 aliphatic rings. The van der Waals surface area contributed by atoms with Crippen LogP contribution >= 0.6 is 0 Å². The number of hydrogen-bond acceptors (Lipinski definition) is 6. The van der Waals surface area contributed by atoms with Crippen molar-refractivity contribution in [3.63, 3.8) is 0 Å². The van der Waals surface area contributed by atoms with Crippen molar-refractivity contribution in [2.24, 2.45) is 23.2 Å². The molecule has 2 heterocycles. The molecule has 8 nitrogen and oxygen atoms in total. The zero-order valence-electron chi connectivity index (χ0n) is 27.4. The highest BCUT2D eigenvalue weighted by Crippen LogP contribution is 2.54. The van der Waals surface area contributed by atoms with E-state index in [2.05, 4.69) is 48.3 Å². The van der Waals surface area contributed by atoms with Gasteiger partial charge >= 0.3 is 19.5 Å². The topological polar surface area (TPSA) is 102 Å². The first-order chi connectivity index (χ1) is 21.6. The van der Waals surface area contributed by atoms with Gasteiger partial charge in [-0.1, -0.05) is 41.5 Å². The third-order valence-corrected chi connectivity index (χ3v) is 10.0. The fraction of sp³-hybridized carbons (Fsp3) is 0.625. The number of hydrogen-bond donors (Lipinski definition) is 2. The van der Waals surface area contributed by atoms with E-state index in [1.807, 2.05) is 20.8 Å². The summed E-state index contributed by atoms with van der Waals surface area (Å²) in [5, 5.41) is 5.28. The number of carbonyl (C=O) groups excluding carboxylic acids is 2. The molecule has 2 N–H and O–H groups in total. The largest absolute Gasteiger partial charge is 0.481 e. The second-order valence-corrected chi connectivity index (χ2v) is 14.0. The van der Waals surface area contributed by atoms with Crippen LogP contribution in [0.5, 0.6) is 0 Å². The minimum atomic E-state index is -5.09. The highest BCUT2D eigenvalue weighted by molar-refractivity contribution is 6.47. The lowest BCUT2D eigenvalue weighted by Gasteiger charge is -2.53. The highest BCUT2D eigenvalue weighted by atomic mass is 19.4. The molecule has 2 fully saturated rings. The maximum atomic E-state index is 13.9. The van der Waals surface area contributed by atoms with Crippen LogP contribution in [0.2, 0.25) is 0 Å². The molecule has 1 aliphatic heterocycles. The van der Waals surface area contributed by atoms with Crippen LogP contribution in [0.25, 0.3) is 0 Å². The molecule has 1 aromatic carbocycles. The van der Waals surface area contributed by atoms with Crippen molar-refractivity contribution < 1.29 is 45.2 Å². The molecule has 0 radical (unpaired) electrons. The van der Waals surface area contributed by atoms with Crippen LogP contribution in [0, 0.1) is 23.2 Å². The molecule has 1 saturated carbocycles. The lowest BCUT2D eigenvalue weighted by Crippen LogP contribution is -2.57. The van der Waals surface area contributed by atoms with Crippen molar-refractivity contribution in [2.75, 3.05) is 0 Å². The maximum Gasteiger partial charge on any atom is 0.481 e. The number of fused-ring (bicyclic) bond motifs is 1. The molecule has 4 rings (SSSR count). The fourth-order valence-electron chi connectivity index (χ4n) is 6.55. The second-order valence-electron chi connectivity index (χ2n) is 14.0. The molecule has 0 spiro atoms. The quantitative estimate of drug-likeness (QED) is 0.240. The van der Waals surface area contributed by atoms with Crippen molar-refractivity contribution in [3.05, 3.63) is 59.2 Å². The Bertz CT molecular complexity index is 1410. The SMILES string of the molecule is CC(C)C[C@H](NC(=O)[C@H](Cc1cc(C(F)(F)F)cc(C(F)(F)F)c1)NC(=O)c1cnccn1)B1OC2C[C@H](C)C(C)(C)[C@H](C)[C@]2(C)O1. The number of nitrogens with one attached hydrogen (secondary N) is 2. The minimum Gasteiger partial charge on any atom is -0.404 e. The molecule has 1 aliphatic carbocycles. The molecule has 258 valence electrons. The number of rotatable bonds is 9. The van der Waals surface area contributed by atoms with E-state index in [0.29, 0.717) is 24.5 Å². The van der Waals surface area contributed by atoms with Crippen LogP contribution in [0.15, 0.2) is 36.8 Å². The van der Waals surface area contributed by atoms with Gasteiger partial charge in [-0.2, -0.15) is 26.3 Å². The Kier molecular flexibility index (Phi) is 10.4. The molecular formula is C32H41BF6N4O4. The Morgan fingerprint density at radius 1 is 1.00 bits per heavy atom. The highest BCUT2D eigenvalue weighted by Gasteiger charge is 2.61. The van der Waals surface area contributed by atoms with E-state index in [0.717, 1.165) is 12.6 Å². The van der Waals surface area contributed by atoms with Crippen LogP contribution in [-0.4, -0.2) is 52.6 Å². The average Bonchev–Trinajstić information content (AvgIpc) is 3.31. The van der Waals surface area contributed by atoms with E-state index in [9.17, 15) is 35.9 Å². The Labute approximate surface area is 270 Å². The van der Waals surface area contributed by atoms with E-state index >= 15 is 0 Å². The van der Waals surface area contributed by atoms with Gasteiger partial charge in [0.05, 0.1) is 35.0 Å². The monoisotopic (exact) mass is 670 g/mol.